The van der Waals surface area contributed by atoms with Crippen molar-refractivity contribution in [1.82, 2.24) is 0 Å². The molecule has 0 spiro atoms. The summed E-state index contributed by atoms with van der Waals surface area (Å²) >= 11 is 11.4. The highest BCUT2D eigenvalue weighted by atomic mass is 35.5. The maximum Gasteiger partial charge on any atom is 0.399 e. The van der Waals surface area contributed by atoms with Gasteiger partial charge in [0.15, 0.2) is 0 Å². The Kier molecular flexibility index (Phi) is 5.08. The molecule has 26 heavy (non-hydrogen) atoms. The van der Waals surface area contributed by atoms with E-state index in [1.165, 1.54) is 6.08 Å². The Bertz CT molecular complexity index is 863. The maximum absolute atomic E-state index is 14.2. The van der Waals surface area contributed by atoms with E-state index in [0.717, 1.165) is 29.3 Å². The molecule has 0 fully saturated rings. The number of rotatable bonds is 3. The molecule has 0 aliphatic heterocycles. The highest BCUT2D eigenvalue weighted by Crippen LogP contribution is 2.42. The molecule has 2 atom stereocenters. The fourth-order valence-corrected chi connectivity index (χ4v) is 3.81. The minimum Gasteiger partial charge on any atom is -0.318 e. The van der Waals surface area contributed by atoms with E-state index < -0.39 is 34.0 Å². The van der Waals surface area contributed by atoms with Crippen LogP contribution in [0, 0.1) is 5.82 Å². The Morgan fingerprint density at radius 1 is 1.15 bits per heavy atom. The zero-order valence-electron chi connectivity index (χ0n) is 13.5. The molecule has 138 valence electrons. The molecule has 1 nitrogen and oxygen atoms in total. The molecule has 2 aromatic rings. The molecule has 0 aromatic heterocycles. The number of benzene rings is 2. The second-order valence-corrected chi connectivity index (χ2v) is 7.21. The zero-order valence-corrected chi connectivity index (χ0v) is 15.0. The van der Waals surface area contributed by atoms with E-state index in [1.807, 2.05) is 12.1 Å². The molecule has 0 saturated carbocycles. The molecule has 0 amide bonds. The van der Waals surface area contributed by atoms with Gasteiger partial charge in [-0.25, -0.2) is 4.39 Å². The highest BCUT2D eigenvalue weighted by molar-refractivity contribution is 6.34. The largest absolute Gasteiger partial charge is 0.399 e. The summed E-state index contributed by atoms with van der Waals surface area (Å²) in [7, 11) is 0. The lowest BCUT2D eigenvalue weighted by atomic mass is 9.89. The maximum atomic E-state index is 14.2. The smallest absolute Gasteiger partial charge is 0.318 e. The molecular weight excluding hydrogens is 389 g/mol. The number of nitrogens with two attached hydrogens (primary N) is 1. The van der Waals surface area contributed by atoms with Crippen molar-refractivity contribution in [2.24, 2.45) is 5.73 Å². The van der Waals surface area contributed by atoms with Crippen molar-refractivity contribution in [3.8, 4) is 0 Å². The molecule has 2 N–H and O–H groups in total. The van der Waals surface area contributed by atoms with Crippen LogP contribution in [0.4, 0.5) is 17.6 Å². The van der Waals surface area contributed by atoms with Gasteiger partial charge in [-0.3, -0.25) is 0 Å². The summed E-state index contributed by atoms with van der Waals surface area (Å²) in [6.07, 6.45) is -1.37. The normalized spacial score (nSPS) is 21.2. The van der Waals surface area contributed by atoms with Crippen molar-refractivity contribution in [2.45, 2.75) is 30.5 Å². The van der Waals surface area contributed by atoms with Crippen molar-refractivity contribution in [3.63, 3.8) is 0 Å². The van der Waals surface area contributed by atoms with E-state index in [0.29, 0.717) is 12.8 Å². The molecule has 3 rings (SSSR count). The van der Waals surface area contributed by atoms with Gasteiger partial charge in [0.25, 0.3) is 0 Å². The first-order valence-corrected chi connectivity index (χ1v) is 8.65. The Morgan fingerprint density at radius 2 is 1.85 bits per heavy atom. The van der Waals surface area contributed by atoms with Crippen LogP contribution in [0.2, 0.25) is 10.0 Å². The minimum absolute atomic E-state index is 0.0669. The molecule has 0 bridgehead atoms. The average molecular weight is 404 g/mol. The molecule has 7 heteroatoms. The molecular formula is C19H15Cl2F4N. The van der Waals surface area contributed by atoms with Crippen LogP contribution in [0.15, 0.2) is 48.6 Å². The van der Waals surface area contributed by atoms with Crippen LogP contribution in [0.3, 0.4) is 0 Å². The van der Waals surface area contributed by atoms with Gasteiger partial charge in [0.05, 0.1) is 10.6 Å². The predicted molar refractivity (Wildman–Crippen MR) is 95.0 cm³/mol. The molecule has 0 heterocycles. The lowest BCUT2D eigenvalue weighted by Crippen LogP contribution is -2.32. The third-order valence-corrected chi connectivity index (χ3v) is 5.12. The quantitative estimate of drug-likeness (QED) is 0.372. The summed E-state index contributed by atoms with van der Waals surface area (Å²) in [5.41, 5.74) is 6.46. The molecule has 1 aliphatic rings. The van der Waals surface area contributed by atoms with Crippen LogP contribution in [0.1, 0.15) is 29.0 Å². The number of halogens is 6. The van der Waals surface area contributed by atoms with Crippen LogP contribution in [0.5, 0.6) is 0 Å². The van der Waals surface area contributed by atoms with Crippen LogP contribution in [-0.2, 0) is 12.0 Å². The van der Waals surface area contributed by atoms with Crippen molar-refractivity contribution >= 4 is 23.2 Å². The molecule has 0 radical (unpaired) electrons. The summed E-state index contributed by atoms with van der Waals surface area (Å²) in [4.78, 5) is 0. The summed E-state index contributed by atoms with van der Waals surface area (Å²) in [6.45, 7) is 0. The van der Waals surface area contributed by atoms with E-state index in [4.69, 9.17) is 28.9 Å². The Hall–Kier alpha value is -1.56. The first kappa shape index (κ1) is 19.2. The van der Waals surface area contributed by atoms with Crippen molar-refractivity contribution in [2.75, 3.05) is 0 Å². The van der Waals surface area contributed by atoms with Crippen LogP contribution in [-0.4, -0.2) is 6.18 Å². The van der Waals surface area contributed by atoms with Gasteiger partial charge in [-0.1, -0.05) is 59.6 Å². The van der Waals surface area contributed by atoms with Crippen LogP contribution < -0.4 is 5.73 Å². The van der Waals surface area contributed by atoms with Gasteiger partial charge in [0.2, 0.25) is 0 Å². The van der Waals surface area contributed by atoms with E-state index >= 15 is 0 Å². The topological polar surface area (TPSA) is 26.0 Å². The summed E-state index contributed by atoms with van der Waals surface area (Å²) in [6, 6.07) is 9.35. The van der Waals surface area contributed by atoms with Crippen molar-refractivity contribution in [3.05, 3.63) is 81.1 Å². The van der Waals surface area contributed by atoms with Gasteiger partial charge >= 0.3 is 6.18 Å². The van der Waals surface area contributed by atoms with Gasteiger partial charge in [-0.2, -0.15) is 13.2 Å². The van der Waals surface area contributed by atoms with Gasteiger partial charge in [-0.05, 0) is 36.1 Å². The van der Waals surface area contributed by atoms with Gasteiger partial charge in [-0.15, -0.1) is 0 Å². The third-order valence-electron chi connectivity index (χ3n) is 4.62. The Balaban J connectivity index is 2.03. The van der Waals surface area contributed by atoms with E-state index in [2.05, 4.69) is 0 Å². The minimum atomic E-state index is -4.72. The first-order valence-electron chi connectivity index (χ1n) is 7.89. The number of alkyl halides is 3. The molecule has 1 aliphatic carbocycles. The fraction of sp³-hybridized carbons (Fsp3) is 0.263. The number of fused-ring (bicyclic) bond motifs is 1. The molecule has 0 saturated heterocycles. The third kappa shape index (κ3) is 3.61. The van der Waals surface area contributed by atoms with Crippen LogP contribution >= 0.6 is 23.2 Å². The van der Waals surface area contributed by atoms with Crippen molar-refractivity contribution in [1.29, 1.82) is 0 Å². The van der Waals surface area contributed by atoms with E-state index in [1.54, 1.807) is 12.1 Å². The summed E-state index contributed by atoms with van der Waals surface area (Å²) in [5.74, 6) is -3.34. The molecule has 2 aromatic carbocycles. The highest BCUT2D eigenvalue weighted by Gasteiger charge is 2.42. The monoisotopic (exact) mass is 403 g/mol. The average Bonchev–Trinajstić information content (AvgIpc) is 2.89. The summed E-state index contributed by atoms with van der Waals surface area (Å²) in [5, 5.41) is -0.522. The van der Waals surface area contributed by atoms with Gasteiger partial charge in [0, 0.05) is 10.6 Å². The Labute approximate surface area is 158 Å². The van der Waals surface area contributed by atoms with E-state index in [-0.39, 0.29) is 5.02 Å². The second kappa shape index (κ2) is 6.87. The zero-order chi connectivity index (χ0) is 19.1. The molecule has 2 unspecified atom stereocenters. The predicted octanol–water partition coefficient (Wildman–Crippen LogP) is 6.14. The van der Waals surface area contributed by atoms with Crippen LogP contribution in [0.25, 0.3) is 0 Å². The standard InChI is InChI=1S/C19H15Cl2F4N/c20-12-9-13(17(22)16(21)10-12)15(19(23,24)25)6-8-18(26)7-5-11-3-1-2-4-14(11)18/h1-4,6,8-10,15H,5,7,26H2/b8-6+. The number of aryl methyl sites for hydroxylation is 1. The number of hydrogen-bond acceptors (Lipinski definition) is 1. The SMILES string of the molecule is NC1(/C=C/C(c2cc(Cl)cc(Cl)c2F)C(F)(F)F)CCc2ccccc21. The van der Waals surface area contributed by atoms with Gasteiger partial charge < -0.3 is 5.73 Å². The lowest BCUT2D eigenvalue weighted by Gasteiger charge is -2.24. The number of allylic oxidation sites excluding steroid dienone is 1. The lowest BCUT2D eigenvalue weighted by molar-refractivity contribution is -0.140. The number of hydrogen-bond donors (Lipinski definition) is 1. The van der Waals surface area contributed by atoms with E-state index in [9.17, 15) is 17.6 Å². The van der Waals surface area contributed by atoms with Gasteiger partial charge in [0.1, 0.15) is 11.7 Å². The first-order chi connectivity index (χ1) is 12.1. The Morgan fingerprint density at radius 3 is 2.54 bits per heavy atom. The second-order valence-electron chi connectivity index (χ2n) is 6.37. The fourth-order valence-electron chi connectivity index (χ4n) is 3.30. The summed E-state index contributed by atoms with van der Waals surface area (Å²) < 4.78 is 55.0. The van der Waals surface area contributed by atoms with Crippen molar-refractivity contribution < 1.29 is 17.6 Å².